The molecule has 5 nitrogen and oxygen atoms in total. The van der Waals surface area contributed by atoms with E-state index in [0.29, 0.717) is 0 Å². The second-order valence-corrected chi connectivity index (χ2v) is 6.70. The third-order valence-electron chi connectivity index (χ3n) is 5.02. The van der Waals surface area contributed by atoms with E-state index in [1.807, 2.05) is 18.3 Å². The van der Waals surface area contributed by atoms with Crippen LogP contribution >= 0.6 is 0 Å². The number of pyridine rings is 1. The number of H-pyrrole nitrogens is 1. The van der Waals surface area contributed by atoms with Crippen molar-refractivity contribution in [2.24, 2.45) is 0 Å². The standard InChI is InChI=1S/C22H20N4O/c1-2-4-16(5-3-1)17-6-7-19-20(14-17)24-25-22(19)18-8-9-23-21(15-18)26-10-12-27-13-11-26/h1-9,14-15H,10-13H2,(H,24,25). The lowest BCUT2D eigenvalue weighted by Gasteiger charge is -2.27. The lowest BCUT2D eigenvalue weighted by Crippen LogP contribution is -2.36. The van der Waals surface area contributed by atoms with Gasteiger partial charge in [0.25, 0.3) is 0 Å². The van der Waals surface area contributed by atoms with Gasteiger partial charge in [-0.2, -0.15) is 5.10 Å². The highest BCUT2D eigenvalue weighted by Gasteiger charge is 2.15. The van der Waals surface area contributed by atoms with Crippen molar-refractivity contribution in [1.82, 2.24) is 15.2 Å². The average molecular weight is 356 g/mol. The molecular formula is C22H20N4O. The molecule has 1 aliphatic heterocycles. The number of aromatic nitrogens is 3. The van der Waals surface area contributed by atoms with Crippen molar-refractivity contribution in [1.29, 1.82) is 0 Å². The van der Waals surface area contributed by atoms with Crippen molar-refractivity contribution in [3.8, 4) is 22.4 Å². The molecule has 0 bridgehead atoms. The molecule has 1 N–H and O–H groups in total. The first kappa shape index (κ1) is 16.0. The Morgan fingerprint density at radius 3 is 2.56 bits per heavy atom. The number of nitrogens with one attached hydrogen (secondary N) is 1. The molecular weight excluding hydrogens is 336 g/mol. The fraction of sp³-hybridized carbons (Fsp3) is 0.182. The summed E-state index contributed by atoms with van der Waals surface area (Å²) < 4.78 is 5.44. The van der Waals surface area contributed by atoms with Crippen LogP contribution in [0, 0.1) is 0 Å². The summed E-state index contributed by atoms with van der Waals surface area (Å²) in [5.74, 6) is 0.979. The normalized spacial score (nSPS) is 14.6. The minimum absolute atomic E-state index is 0.750. The van der Waals surface area contributed by atoms with Crippen molar-refractivity contribution in [2.75, 3.05) is 31.2 Å². The highest BCUT2D eigenvalue weighted by atomic mass is 16.5. The third kappa shape index (κ3) is 3.06. The molecule has 1 saturated heterocycles. The van der Waals surface area contributed by atoms with Gasteiger partial charge in [0, 0.05) is 30.2 Å². The van der Waals surface area contributed by atoms with E-state index in [1.165, 1.54) is 11.1 Å². The molecule has 0 unspecified atom stereocenters. The monoisotopic (exact) mass is 356 g/mol. The number of hydrogen-bond donors (Lipinski definition) is 1. The molecule has 5 rings (SSSR count). The van der Waals surface area contributed by atoms with Crippen LogP contribution in [-0.2, 0) is 4.74 Å². The fourth-order valence-electron chi connectivity index (χ4n) is 3.58. The van der Waals surface area contributed by atoms with E-state index < -0.39 is 0 Å². The Kier molecular flexibility index (Phi) is 4.07. The molecule has 0 saturated carbocycles. The van der Waals surface area contributed by atoms with Crippen LogP contribution in [0.1, 0.15) is 0 Å². The number of hydrogen-bond acceptors (Lipinski definition) is 4. The Morgan fingerprint density at radius 1 is 0.852 bits per heavy atom. The average Bonchev–Trinajstić information content (AvgIpc) is 3.18. The molecule has 27 heavy (non-hydrogen) atoms. The van der Waals surface area contributed by atoms with Gasteiger partial charge in [0.2, 0.25) is 0 Å². The number of benzene rings is 2. The minimum atomic E-state index is 0.750. The van der Waals surface area contributed by atoms with Crippen molar-refractivity contribution in [2.45, 2.75) is 0 Å². The van der Waals surface area contributed by atoms with Gasteiger partial charge in [0.15, 0.2) is 0 Å². The zero-order chi connectivity index (χ0) is 18.1. The second-order valence-electron chi connectivity index (χ2n) is 6.70. The molecule has 0 aliphatic carbocycles. The molecule has 0 radical (unpaired) electrons. The number of nitrogens with zero attached hydrogens (tertiary/aromatic N) is 3. The highest BCUT2D eigenvalue weighted by Crippen LogP contribution is 2.31. The Balaban J connectivity index is 1.52. The van der Waals surface area contributed by atoms with Crippen molar-refractivity contribution >= 4 is 16.7 Å². The molecule has 1 fully saturated rings. The first-order valence-electron chi connectivity index (χ1n) is 9.21. The Hall–Kier alpha value is -3.18. The van der Waals surface area contributed by atoms with Crippen LogP contribution in [0.4, 0.5) is 5.82 Å². The van der Waals surface area contributed by atoms with Crippen molar-refractivity contribution < 1.29 is 4.74 Å². The Morgan fingerprint density at radius 2 is 1.70 bits per heavy atom. The van der Waals surface area contributed by atoms with Crippen molar-refractivity contribution in [3.05, 3.63) is 66.9 Å². The van der Waals surface area contributed by atoms with Crippen LogP contribution in [0.15, 0.2) is 66.9 Å². The number of aromatic amines is 1. The van der Waals surface area contributed by atoms with Gasteiger partial charge in [0.1, 0.15) is 11.5 Å². The van der Waals surface area contributed by atoms with Gasteiger partial charge in [-0.25, -0.2) is 4.98 Å². The Labute approximate surface area is 157 Å². The molecule has 134 valence electrons. The Bertz CT molecular complexity index is 1070. The summed E-state index contributed by atoms with van der Waals surface area (Å²) in [5.41, 5.74) is 5.46. The van der Waals surface area contributed by atoms with E-state index in [2.05, 4.69) is 68.6 Å². The number of ether oxygens (including phenoxy) is 1. The lowest BCUT2D eigenvalue weighted by molar-refractivity contribution is 0.122. The van der Waals surface area contributed by atoms with Crippen LogP contribution in [0.2, 0.25) is 0 Å². The molecule has 1 aliphatic rings. The summed E-state index contributed by atoms with van der Waals surface area (Å²) in [4.78, 5) is 6.80. The first-order chi connectivity index (χ1) is 13.4. The van der Waals surface area contributed by atoms with Gasteiger partial charge in [-0.1, -0.05) is 36.4 Å². The van der Waals surface area contributed by atoms with Crippen LogP contribution in [0.25, 0.3) is 33.3 Å². The number of morpholine rings is 1. The molecule has 2 aromatic carbocycles. The smallest absolute Gasteiger partial charge is 0.129 e. The van der Waals surface area contributed by atoms with E-state index >= 15 is 0 Å². The summed E-state index contributed by atoms with van der Waals surface area (Å²) in [6, 6.07) is 21.0. The van der Waals surface area contributed by atoms with E-state index in [1.54, 1.807) is 0 Å². The summed E-state index contributed by atoms with van der Waals surface area (Å²) in [6.07, 6.45) is 1.86. The third-order valence-corrected chi connectivity index (χ3v) is 5.02. The van der Waals surface area contributed by atoms with Crippen LogP contribution in [0.3, 0.4) is 0 Å². The molecule has 0 spiro atoms. The summed E-state index contributed by atoms with van der Waals surface area (Å²) in [5, 5.41) is 8.90. The molecule has 0 atom stereocenters. The van der Waals surface area contributed by atoms with Gasteiger partial charge < -0.3 is 9.64 Å². The number of fused-ring (bicyclic) bond motifs is 1. The zero-order valence-corrected chi connectivity index (χ0v) is 14.9. The van der Waals surface area contributed by atoms with Crippen molar-refractivity contribution in [3.63, 3.8) is 0 Å². The van der Waals surface area contributed by atoms with Crippen LogP contribution < -0.4 is 4.90 Å². The maximum absolute atomic E-state index is 5.44. The molecule has 5 heteroatoms. The van der Waals surface area contributed by atoms with E-state index in [-0.39, 0.29) is 0 Å². The maximum Gasteiger partial charge on any atom is 0.129 e. The summed E-state index contributed by atoms with van der Waals surface area (Å²) >= 11 is 0. The van der Waals surface area contributed by atoms with Gasteiger partial charge in [0.05, 0.1) is 18.7 Å². The van der Waals surface area contributed by atoms with Gasteiger partial charge >= 0.3 is 0 Å². The van der Waals surface area contributed by atoms with E-state index in [9.17, 15) is 0 Å². The highest BCUT2D eigenvalue weighted by molar-refractivity contribution is 5.95. The van der Waals surface area contributed by atoms with E-state index in [4.69, 9.17) is 4.74 Å². The topological polar surface area (TPSA) is 54.0 Å². The minimum Gasteiger partial charge on any atom is -0.378 e. The predicted octanol–water partition coefficient (Wildman–Crippen LogP) is 4.13. The lowest BCUT2D eigenvalue weighted by atomic mass is 10.0. The van der Waals surface area contributed by atoms with Crippen LogP contribution in [-0.4, -0.2) is 41.5 Å². The SMILES string of the molecule is c1ccc(-c2ccc3c(-c4ccnc(N5CCOCC5)c4)n[nH]c3c2)cc1. The fourth-order valence-corrected chi connectivity index (χ4v) is 3.58. The largest absolute Gasteiger partial charge is 0.378 e. The first-order valence-corrected chi connectivity index (χ1v) is 9.21. The van der Waals surface area contributed by atoms with Gasteiger partial charge in [-0.05, 0) is 35.4 Å². The summed E-state index contributed by atoms with van der Waals surface area (Å²) in [6.45, 7) is 3.25. The quantitative estimate of drug-likeness (QED) is 0.600. The number of rotatable bonds is 3. The number of anilines is 1. The second kappa shape index (κ2) is 6.85. The maximum atomic E-state index is 5.44. The van der Waals surface area contributed by atoms with Gasteiger partial charge in [-0.3, -0.25) is 5.10 Å². The molecule has 4 aromatic rings. The molecule has 3 heterocycles. The van der Waals surface area contributed by atoms with Gasteiger partial charge in [-0.15, -0.1) is 0 Å². The molecule has 2 aromatic heterocycles. The predicted molar refractivity (Wildman–Crippen MR) is 108 cm³/mol. The zero-order valence-electron chi connectivity index (χ0n) is 14.9. The summed E-state index contributed by atoms with van der Waals surface area (Å²) in [7, 11) is 0. The van der Waals surface area contributed by atoms with Crippen LogP contribution in [0.5, 0.6) is 0 Å². The van der Waals surface area contributed by atoms with E-state index in [0.717, 1.165) is 54.3 Å². The molecule has 0 amide bonds.